The molecule has 1 aliphatic heterocycles. The van der Waals surface area contributed by atoms with Crippen LogP contribution in [0.15, 0.2) is 72.9 Å². The topological polar surface area (TPSA) is 88.5 Å². The van der Waals surface area contributed by atoms with E-state index in [4.69, 9.17) is 17.0 Å². The van der Waals surface area contributed by atoms with Crippen LogP contribution in [0.25, 0.3) is 5.69 Å². The van der Waals surface area contributed by atoms with Gasteiger partial charge in [0.05, 0.1) is 48.1 Å². The highest BCUT2D eigenvalue weighted by Crippen LogP contribution is 2.46. The van der Waals surface area contributed by atoms with Crippen molar-refractivity contribution in [1.82, 2.24) is 14.9 Å². The number of anilines is 2. The van der Waals surface area contributed by atoms with Crippen LogP contribution in [0.1, 0.15) is 40.3 Å². The third-order valence-corrected chi connectivity index (χ3v) is 8.00. The summed E-state index contributed by atoms with van der Waals surface area (Å²) in [6.45, 7) is 3.55. The van der Waals surface area contributed by atoms with E-state index in [1.807, 2.05) is 23.1 Å². The molecule has 5 rings (SSSR count). The van der Waals surface area contributed by atoms with E-state index in [-0.39, 0.29) is 17.1 Å². The number of benzene rings is 2. The Kier molecular flexibility index (Phi) is 7.66. The smallest absolute Gasteiger partial charge is 0.418 e. The number of methoxy groups -OCH3 is 1. The van der Waals surface area contributed by atoms with E-state index in [0.717, 1.165) is 17.9 Å². The lowest BCUT2D eigenvalue weighted by Gasteiger charge is -2.29. The largest absolute Gasteiger partial charge is 0.494 e. The summed E-state index contributed by atoms with van der Waals surface area (Å²) in [5.41, 5.74) is 2.78. The molecule has 1 saturated heterocycles. The number of halogens is 3. The number of alkyl halides is 3. The first-order valence-corrected chi connectivity index (χ1v) is 15.1. The Balaban J connectivity index is 1.69. The Bertz CT molecular complexity index is 1760. The summed E-state index contributed by atoms with van der Waals surface area (Å²) < 4.78 is 75.4. The van der Waals surface area contributed by atoms with Gasteiger partial charge < -0.3 is 19.5 Å². The number of hydrogen-bond donors (Lipinski definition) is 2. The summed E-state index contributed by atoms with van der Waals surface area (Å²) >= 11 is 5.80. The summed E-state index contributed by atoms with van der Waals surface area (Å²) in [5, 5.41) is 3.71. The molecular formula is C29H28F3N5O3S2. The summed E-state index contributed by atoms with van der Waals surface area (Å²) in [5.74, 6) is 0.269. The summed E-state index contributed by atoms with van der Waals surface area (Å²) in [7, 11) is -2.15. The number of nitrogens with zero attached hydrogens (tertiary/aromatic N) is 3. The molecule has 0 unspecified atom stereocenters. The molecule has 1 fully saturated rings. The number of nitrogens with one attached hydrogen (secondary N) is 2. The highest BCUT2D eigenvalue weighted by atomic mass is 32.2. The van der Waals surface area contributed by atoms with E-state index >= 15 is 0 Å². The number of aryl methyl sites for hydroxylation is 1. The van der Waals surface area contributed by atoms with Crippen molar-refractivity contribution in [3.63, 3.8) is 0 Å². The van der Waals surface area contributed by atoms with Crippen LogP contribution in [0.4, 0.5) is 24.5 Å². The number of hydrogen-bond acceptors (Lipinski definition) is 5. The van der Waals surface area contributed by atoms with Gasteiger partial charge in [0.1, 0.15) is 5.75 Å². The molecule has 2 aromatic carbocycles. The van der Waals surface area contributed by atoms with Gasteiger partial charge in [0.2, 0.25) is 10.0 Å². The zero-order valence-electron chi connectivity index (χ0n) is 23.1. The molecule has 1 aliphatic rings. The molecule has 42 heavy (non-hydrogen) atoms. The SMILES string of the molecule is COc1cc(N2C(=S)N[C@H](c3ccccn3)[C@H]2c2cc(C)n(-c3ccccc3C(F)(F)F)c2C)ccc1NS(C)(=O)=O. The van der Waals surface area contributed by atoms with Crippen LogP contribution in [0.2, 0.25) is 0 Å². The fraction of sp³-hybridized carbons (Fsp3) is 0.241. The minimum Gasteiger partial charge on any atom is -0.494 e. The van der Waals surface area contributed by atoms with Gasteiger partial charge in [0.15, 0.2) is 5.11 Å². The lowest BCUT2D eigenvalue weighted by atomic mass is 9.96. The Morgan fingerprint density at radius 1 is 1.05 bits per heavy atom. The fourth-order valence-electron chi connectivity index (χ4n) is 5.43. The molecule has 2 aromatic heterocycles. The van der Waals surface area contributed by atoms with Crippen LogP contribution in [0.3, 0.4) is 0 Å². The maximum absolute atomic E-state index is 14.0. The van der Waals surface area contributed by atoms with E-state index in [1.54, 1.807) is 54.9 Å². The lowest BCUT2D eigenvalue weighted by Crippen LogP contribution is -2.29. The van der Waals surface area contributed by atoms with Gasteiger partial charge >= 0.3 is 6.18 Å². The molecule has 0 radical (unpaired) electrons. The van der Waals surface area contributed by atoms with Gasteiger partial charge in [-0.3, -0.25) is 9.71 Å². The Morgan fingerprint density at radius 3 is 2.40 bits per heavy atom. The fourth-order valence-corrected chi connectivity index (χ4v) is 6.34. The van der Waals surface area contributed by atoms with Crippen LogP contribution in [0, 0.1) is 13.8 Å². The lowest BCUT2D eigenvalue weighted by molar-refractivity contribution is -0.137. The molecule has 13 heteroatoms. The van der Waals surface area contributed by atoms with Crippen molar-refractivity contribution in [3.8, 4) is 11.4 Å². The van der Waals surface area contributed by atoms with Gasteiger partial charge in [-0.2, -0.15) is 13.2 Å². The van der Waals surface area contributed by atoms with Crippen molar-refractivity contribution in [2.75, 3.05) is 23.0 Å². The predicted molar refractivity (Wildman–Crippen MR) is 160 cm³/mol. The van der Waals surface area contributed by atoms with Crippen molar-refractivity contribution in [2.24, 2.45) is 0 Å². The first-order valence-electron chi connectivity index (χ1n) is 12.8. The van der Waals surface area contributed by atoms with Gasteiger partial charge in [0.25, 0.3) is 0 Å². The number of aromatic nitrogens is 2. The van der Waals surface area contributed by atoms with Crippen LogP contribution in [-0.2, 0) is 16.2 Å². The zero-order chi connectivity index (χ0) is 30.4. The highest BCUT2D eigenvalue weighted by molar-refractivity contribution is 7.92. The average Bonchev–Trinajstić information content (AvgIpc) is 3.42. The Hall–Kier alpha value is -4.10. The van der Waals surface area contributed by atoms with Crippen LogP contribution >= 0.6 is 12.2 Å². The number of pyridine rings is 1. The molecule has 2 atom stereocenters. The second-order valence-electron chi connectivity index (χ2n) is 9.93. The molecule has 0 spiro atoms. The van der Waals surface area contributed by atoms with E-state index in [1.165, 1.54) is 19.2 Å². The van der Waals surface area contributed by atoms with Crippen molar-refractivity contribution in [1.29, 1.82) is 0 Å². The van der Waals surface area contributed by atoms with Gasteiger partial charge in [-0.15, -0.1) is 0 Å². The highest BCUT2D eigenvalue weighted by Gasteiger charge is 2.43. The molecule has 0 aliphatic carbocycles. The first kappa shape index (κ1) is 29.4. The third kappa shape index (κ3) is 5.53. The predicted octanol–water partition coefficient (Wildman–Crippen LogP) is 6.07. The molecule has 3 heterocycles. The molecule has 0 bridgehead atoms. The maximum atomic E-state index is 14.0. The molecular weight excluding hydrogens is 587 g/mol. The molecule has 0 saturated carbocycles. The monoisotopic (exact) mass is 615 g/mol. The van der Waals surface area contributed by atoms with Crippen molar-refractivity contribution >= 4 is 38.7 Å². The average molecular weight is 616 g/mol. The maximum Gasteiger partial charge on any atom is 0.418 e. The number of sulfonamides is 1. The van der Waals surface area contributed by atoms with E-state index in [2.05, 4.69) is 15.0 Å². The molecule has 220 valence electrons. The number of ether oxygens (including phenoxy) is 1. The first-order chi connectivity index (χ1) is 19.8. The number of para-hydroxylation sites is 1. The molecule has 2 N–H and O–H groups in total. The van der Waals surface area contributed by atoms with E-state index in [9.17, 15) is 21.6 Å². The van der Waals surface area contributed by atoms with Crippen molar-refractivity contribution in [2.45, 2.75) is 32.1 Å². The number of thiocarbonyl (C=S) groups is 1. The van der Waals surface area contributed by atoms with Gasteiger partial charge in [-0.25, -0.2) is 8.42 Å². The number of rotatable bonds is 7. The van der Waals surface area contributed by atoms with E-state index < -0.39 is 33.8 Å². The zero-order valence-corrected chi connectivity index (χ0v) is 24.7. The molecule has 8 nitrogen and oxygen atoms in total. The molecule has 4 aromatic rings. The second-order valence-corrected chi connectivity index (χ2v) is 12.1. The third-order valence-electron chi connectivity index (χ3n) is 7.10. The van der Waals surface area contributed by atoms with Gasteiger partial charge in [0, 0.05) is 29.3 Å². The summed E-state index contributed by atoms with van der Waals surface area (Å²) in [4.78, 5) is 6.40. The Morgan fingerprint density at radius 2 is 1.76 bits per heavy atom. The van der Waals surface area contributed by atoms with Crippen LogP contribution in [0.5, 0.6) is 5.75 Å². The minimum absolute atomic E-state index is 0.0265. The second kappa shape index (κ2) is 11.0. The van der Waals surface area contributed by atoms with Crippen LogP contribution in [-0.4, -0.2) is 36.4 Å². The van der Waals surface area contributed by atoms with Gasteiger partial charge in [-0.1, -0.05) is 18.2 Å². The van der Waals surface area contributed by atoms with Crippen molar-refractivity contribution < 1.29 is 26.3 Å². The Labute approximate surface area is 247 Å². The standard InChI is InChI=1S/C29H28F3N5O3S2/c1-17-15-20(18(2)36(17)24-11-6-5-9-21(24)29(30,31)32)27-26(23-10-7-8-14-33-23)34-28(41)37(27)19-12-13-22(25(16-19)40-3)35-42(4,38)39/h5-16,26-27,35H,1-4H3,(H,34,41)/t26-,27-/m1/s1. The minimum atomic E-state index is -4.54. The molecule has 0 amide bonds. The summed E-state index contributed by atoms with van der Waals surface area (Å²) in [6, 6.07) is 16.8. The quantitative estimate of drug-likeness (QED) is 0.244. The summed E-state index contributed by atoms with van der Waals surface area (Å²) in [6.07, 6.45) is -1.84. The van der Waals surface area contributed by atoms with E-state index in [0.29, 0.717) is 27.9 Å². The normalized spacial score (nSPS) is 17.3. The van der Waals surface area contributed by atoms with Crippen molar-refractivity contribution in [3.05, 3.63) is 101 Å². The van der Waals surface area contributed by atoms with Crippen LogP contribution < -0.4 is 19.7 Å². The van der Waals surface area contributed by atoms with Gasteiger partial charge in [-0.05, 0) is 74.1 Å².